The normalized spacial score (nSPS) is 8.90. The Bertz CT molecular complexity index is 215. The van der Waals surface area contributed by atoms with Gasteiger partial charge in [0.25, 0.3) is 0 Å². The van der Waals surface area contributed by atoms with E-state index < -0.39 is 0 Å². The summed E-state index contributed by atoms with van der Waals surface area (Å²) in [6.45, 7) is 0. The molecule has 1 radical (unpaired) electrons. The van der Waals surface area contributed by atoms with E-state index in [4.69, 9.17) is 10.1 Å². The molecule has 0 saturated carbocycles. The summed E-state index contributed by atoms with van der Waals surface area (Å²) in [5.41, 5.74) is 0.779. The van der Waals surface area contributed by atoms with Gasteiger partial charge in [-0.15, -0.1) is 0 Å². The van der Waals surface area contributed by atoms with Crippen LogP contribution in [0.1, 0.15) is 5.56 Å². The van der Waals surface area contributed by atoms with Crippen LogP contribution in [0.4, 0.5) is 0 Å². The Morgan fingerprint density at radius 2 is 1.90 bits per heavy atom. The first-order valence-electron chi connectivity index (χ1n) is 2.98. The van der Waals surface area contributed by atoms with Crippen LogP contribution in [0.25, 0.3) is 0 Å². The third kappa shape index (κ3) is 1.35. The molecule has 10 heavy (non-hydrogen) atoms. The van der Waals surface area contributed by atoms with E-state index in [9.17, 15) is 0 Å². The molecule has 0 aliphatic rings. The van der Waals surface area contributed by atoms with Gasteiger partial charge in [-0.1, -0.05) is 0 Å². The summed E-state index contributed by atoms with van der Waals surface area (Å²) in [5, 5.41) is 8.54. The monoisotopic (exact) mass is 134 g/mol. The van der Waals surface area contributed by atoms with E-state index in [0.29, 0.717) is 0 Å². The molecular formula is C8H8NO. The van der Waals surface area contributed by atoms with Gasteiger partial charge in [-0.2, -0.15) is 5.41 Å². The first kappa shape index (κ1) is 6.81. The van der Waals surface area contributed by atoms with Crippen molar-refractivity contribution in [1.29, 1.82) is 0 Å². The molecule has 0 spiro atoms. The minimum Gasteiger partial charge on any atom is -0.497 e. The molecule has 0 saturated heterocycles. The van der Waals surface area contributed by atoms with Crippen LogP contribution < -0.4 is 10.1 Å². The van der Waals surface area contributed by atoms with Crippen LogP contribution in [0.5, 0.6) is 5.75 Å². The van der Waals surface area contributed by atoms with Crippen LogP contribution in [-0.4, -0.2) is 13.3 Å². The van der Waals surface area contributed by atoms with Gasteiger partial charge in [0.15, 0.2) is 0 Å². The van der Waals surface area contributed by atoms with E-state index in [2.05, 4.69) is 0 Å². The average molecular weight is 134 g/mol. The van der Waals surface area contributed by atoms with Crippen molar-refractivity contribution in [2.75, 3.05) is 7.11 Å². The van der Waals surface area contributed by atoms with Crippen LogP contribution in [0.2, 0.25) is 0 Å². The van der Waals surface area contributed by atoms with Gasteiger partial charge in [0.1, 0.15) is 5.75 Å². The summed E-state index contributed by atoms with van der Waals surface area (Å²) >= 11 is 0. The topological polar surface area (TPSA) is 31.5 Å². The van der Waals surface area contributed by atoms with E-state index in [1.165, 1.54) is 0 Å². The lowest BCUT2D eigenvalue weighted by Gasteiger charge is -1.97. The highest BCUT2D eigenvalue weighted by Gasteiger charge is 1.88. The second-order valence-corrected chi connectivity index (χ2v) is 1.90. The van der Waals surface area contributed by atoms with Crippen molar-refractivity contribution in [2.45, 2.75) is 0 Å². The molecule has 2 nitrogen and oxygen atoms in total. The predicted octanol–water partition coefficient (Wildman–Crippen LogP) is 0.914. The third-order valence-corrected chi connectivity index (χ3v) is 1.26. The number of nitrogens with zero attached hydrogens (tertiary/aromatic N) is 1. The number of rotatable bonds is 2. The number of methoxy groups -OCH3 is 1. The second-order valence-electron chi connectivity index (χ2n) is 1.90. The summed E-state index contributed by atoms with van der Waals surface area (Å²) in [4.78, 5) is 0. The Labute approximate surface area is 60.0 Å². The molecule has 0 fully saturated rings. The molecule has 0 aliphatic carbocycles. The van der Waals surface area contributed by atoms with Crippen molar-refractivity contribution in [2.24, 2.45) is 0 Å². The van der Waals surface area contributed by atoms with Crippen molar-refractivity contribution >= 4 is 6.21 Å². The van der Waals surface area contributed by atoms with Crippen LogP contribution in [0.15, 0.2) is 24.3 Å². The van der Waals surface area contributed by atoms with Crippen molar-refractivity contribution in [1.82, 2.24) is 5.41 Å². The number of hydrogen-bond donors (Lipinski definition) is 0. The summed E-state index contributed by atoms with van der Waals surface area (Å²) in [5.74, 6) is 0.797. The maximum absolute atomic E-state index is 8.54. The van der Waals surface area contributed by atoms with Crippen molar-refractivity contribution < 1.29 is 4.74 Å². The fourth-order valence-electron chi connectivity index (χ4n) is 0.690. The van der Waals surface area contributed by atoms with E-state index in [0.717, 1.165) is 17.5 Å². The zero-order valence-corrected chi connectivity index (χ0v) is 5.74. The molecule has 1 aromatic carbocycles. The molecule has 0 aliphatic heterocycles. The van der Waals surface area contributed by atoms with Gasteiger partial charge in [0.05, 0.1) is 13.3 Å². The summed E-state index contributed by atoms with van der Waals surface area (Å²) < 4.78 is 4.92. The van der Waals surface area contributed by atoms with E-state index in [1.807, 2.05) is 0 Å². The SMILES string of the molecule is COc1ccc(C=[N])cc1. The molecule has 51 valence electrons. The quantitative estimate of drug-likeness (QED) is 0.553. The van der Waals surface area contributed by atoms with E-state index >= 15 is 0 Å². The molecule has 2 heteroatoms. The van der Waals surface area contributed by atoms with Crippen molar-refractivity contribution in [3.8, 4) is 5.75 Å². The first-order chi connectivity index (χ1) is 4.86. The zero-order chi connectivity index (χ0) is 7.40. The van der Waals surface area contributed by atoms with Crippen LogP contribution in [0.3, 0.4) is 0 Å². The molecule has 0 bridgehead atoms. The third-order valence-electron chi connectivity index (χ3n) is 1.26. The lowest BCUT2D eigenvalue weighted by atomic mass is 10.2. The highest BCUT2D eigenvalue weighted by atomic mass is 16.5. The minimum atomic E-state index is 0.779. The lowest BCUT2D eigenvalue weighted by molar-refractivity contribution is 0.415. The smallest absolute Gasteiger partial charge is 0.118 e. The highest BCUT2D eigenvalue weighted by molar-refractivity contribution is 5.77. The number of ether oxygens (including phenoxy) is 1. The summed E-state index contributed by atoms with van der Waals surface area (Å²) in [6.07, 6.45) is 1.06. The first-order valence-corrected chi connectivity index (χ1v) is 2.98. The number of hydrogen-bond acceptors (Lipinski definition) is 1. The molecule has 0 unspecified atom stereocenters. The maximum Gasteiger partial charge on any atom is 0.118 e. The van der Waals surface area contributed by atoms with Gasteiger partial charge in [0.2, 0.25) is 0 Å². The van der Waals surface area contributed by atoms with Crippen LogP contribution >= 0.6 is 0 Å². The van der Waals surface area contributed by atoms with Crippen LogP contribution in [0, 0.1) is 0 Å². The Morgan fingerprint density at radius 1 is 1.30 bits per heavy atom. The molecular weight excluding hydrogens is 126 g/mol. The maximum atomic E-state index is 8.54. The standard InChI is InChI=1S/C8H8NO/c1-10-8-4-2-7(6-9)3-5-8/h2-6H,1H3. The number of benzene rings is 1. The largest absolute Gasteiger partial charge is 0.497 e. The highest BCUT2D eigenvalue weighted by Crippen LogP contribution is 2.08. The summed E-state index contributed by atoms with van der Waals surface area (Å²) in [7, 11) is 1.61. The predicted molar refractivity (Wildman–Crippen MR) is 40.3 cm³/mol. The van der Waals surface area contributed by atoms with E-state index in [-0.39, 0.29) is 0 Å². The average Bonchev–Trinajstić information content (AvgIpc) is 2.05. The van der Waals surface area contributed by atoms with Gasteiger partial charge in [0, 0.05) is 0 Å². The van der Waals surface area contributed by atoms with Gasteiger partial charge in [-0.3, -0.25) is 0 Å². The van der Waals surface area contributed by atoms with Crippen molar-refractivity contribution in [3.05, 3.63) is 29.8 Å². The van der Waals surface area contributed by atoms with Gasteiger partial charge < -0.3 is 4.74 Å². The van der Waals surface area contributed by atoms with Crippen LogP contribution in [-0.2, 0) is 0 Å². The Kier molecular flexibility index (Phi) is 2.05. The second kappa shape index (κ2) is 3.01. The molecule has 0 aromatic heterocycles. The Morgan fingerprint density at radius 3 is 2.30 bits per heavy atom. The van der Waals surface area contributed by atoms with Gasteiger partial charge >= 0.3 is 0 Å². The van der Waals surface area contributed by atoms with Gasteiger partial charge in [-0.05, 0) is 29.8 Å². The van der Waals surface area contributed by atoms with Crippen molar-refractivity contribution in [3.63, 3.8) is 0 Å². The molecule has 0 amide bonds. The Hall–Kier alpha value is -1.31. The van der Waals surface area contributed by atoms with E-state index in [1.54, 1.807) is 31.4 Å². The fourth-order valence-corrected chi connectivity index (χ4v) is 0.690. The summed E-state index contributed by atoms with van der Waals surface area (Å²) in [6, 6.07) is 7.14. The molecule has 0 atom stereocenters. The Balaban J connectivity index is 2.90. The zero-order valence-electron chi connectivity index (χ0n) is 5.74. The molecule has 1 aromatic rings. The molecule has 0 heterocycles. The lowest BCUT2D eigenvalue weighted by Crippen LogP contribution is -1.83. The van der Waals surface area contributed by atoms with Gasteiger partial charge in [-0.25, -0.2) is 0 Å². The molecule has 0 N–H and O–H groups in total. The minimum absolute atomic E-state index is 0.779. The molecule has 1 rings (SSSR count). The fraction of sp³-hybridized carbons (Fsp3) is 0.125.